The average Bonchev–Trinajstić information content (AvgIpc) is 2.55. The molecule has 126 valence electrons. The first-order chi connectivity index (χ1) is 11.6. The van der Waals surface area contributed by atoms with E-state index < -0.39 is 5.97 Å². The Kier molecular flexibility index (Phi) is 4.93. The molecule has 6 heteroatoms. The van der Waals surface area contributed by atoms with E-state index in [1.807, 2.05) is 13.0 Å². The van der Waals surface area contributed by atoms with Crippen LogP contribution in [0.2, 0.25) is 0 Å². The molecule has 3 rings (SSSR count). The number of nitrogens with one attached hydrogen (secondary N) is 2. The molecule has 6 nitrogen and oxygen atoms in total. The molecule has 0 aliphatic heterocycles. The summed E-state index contributed by atoms with van der Waals surface area (Å²) in [5.74, 6) is 1.05. The van der Waals surface area contributed by atoms with Crippen LogP contribution >= 0.6 is 0 Å². The number of benzene rings is 1. The maximum atomic E-state index is 11.3. The topological polar surface area (TPSA) is 87.1 Å². The lowest BCUT2D eigenvalue weighted by molar-refractivity contribution is 0.0698. The molecule has 0 spiro atoms. The Morgan fingerprint density at radius 2 is 1.83 bits per heavy atom. The van der Waals surface area contributed by atoms with E-state index in [9.17, 15) is 9.90 Å². The summed E-state index contributed by atoms with van der Waals surface area (Å²) in [6, 6.07) is 9.09. The van der Waals surface area contributed by atoms with Gasteiger partial charge in [-0.1, -0.05) is 31.4 Å². The minimum absolute atomic E-state index is 0.218. The van der Waals surface area contributed by atoms with Gasteiger partial charge in [0, 0.05) is 12.1 Å². The van der Waals surface area contributed by atoms with Gasteiger partial charge in [0.15, 0.2) is 0 Å². The van der Waals surface area contributed by atoms with Crippen molar-refractivity contribution in [1.82, 2.24) is 9.97 Å². The first-order valence-corrected chi connectivity index (χ1v) is 8.33. The molecule has 0 bridgehead atoms. The Hall–Kier alpha value is -2.63. The molecule has 1 fully saturated rings. The summed E-state index contributed by atoms with van der Waals surface area (Å²) >= 11 is 0. The Morgan fingerprint density at radius 1 is 1.12 bits per heavy atom. The summed E-state index contributed by atoms with van der Waals surface area (Å²) < 4.78 is 0. The van der Waals surface area contributed by atoms with Crippen LogP contribution in [-0.2, 0) is 0 Å². The molecule has 1 aliphatic rings. The van der Waals surface area contributed by atoms with E-state index in [2.05, 4.69) is 20.6 Å². The zero-order valence-electron chi connectivity index (χ0n) is 13.7. The largest absolute Gasteiger partial charge is 0.478 e. The Morgan fingerprint density at radius 3 is 2.58 bits per heavy atom. The first-order valence-electron chi connectivity index (χ1n) is 8.33. The molecule has 0 radical (unpaired) electrons. The van der Waals surface area contributed by atoms with Crippen LogP contribution < -0.4 is 10.6 Å². The zero-order chi connectivity index (χ0) is 16.9. The van der Waals surface area contributed by atoms with Crippen molar-refractivity contribution >= 4 is 23.3 Å². The monoisotopic (exact) mass is 326 g/mol. The number of aromatic nitrogens is 2. The molecule has 1 aromatic heterocycles. The molecule has 0 unspecified atom stereocenters. The maximum absolute atomic E-state index is 11.3. The maximum Gasteiger partial charge on any atom is 0.337 e. The number of anilines is 3. The minimum atomic E-state index is -0.968. The number of hydrogen-bond donors (Lipinski definition) is 3. The summed E-state index contributed by atoms with van der Waals surface area (Å²) in [6.45, 7) is 1.83. The van der Waals surface area contributed by atoms with E-state index in [1.54, 1.807) is 24.3 Å². The van der Waals surface area contributed by atoms with Crippen molar-refractivity contribution < 1.29 is 9.90 Å². The van der Waals surface area contributed by atoms with Crippen molar-refractivity contribution in [2.24, 2.45) is 0 Å². The first kappa shape index (κ1) is 16.2. The van der Waals surface area contributed by atoms with Gasteiger partial charge in [-0.2, -0.15) is 0 Å². The Bertz CT molecular complexity index is 727. The van der Waals surface area contributed by atoms with Crippen molar-refractivity contribution in [3.63, 3.8) is 0 Å². The van der Waals surface area contributed by atoms with E-state index in [1.165, 1.54) is 19.3 Å². The summed E-state index contributed by atoms with van der Waals surface area (Å²) in [5, 5.41) is 15.9. The highest BCUT2D eigenvalue weighted by molar-refractivity contribution is 5.95. The van der Waals surface area contributed by atoms with Gasteiger partial charge in [0.25, 0.3) is 0 Å². The van der Waals surface area contributed by atoms with Crippen molar-refractivity contribution in [2.45, 2.75) is 45.1 Å². The quantitative estimate of drug-likeness (QED) is 0.770. The number of nitrogens with zero attached hydrogens (tertiary/aromatic N) is 2. The van der Waals surface area contributed by atoms with Gasteiger partial charge in [-0.15, -0.1) is 0 Å². The van der Waals surface area contributed by atoms with Crippen LogP contribution in [0.1, 0.15) is 48.3 Å². The van der Waals surface area contributed by atoms with Gasteiger partial charge in [0.05, 0.1) is 11.3 Å². The number of hydrogen-bond acceptors (Lipinski definition) is 5. The molecule has 1 saturated carbocycles. The van der Waals surface area contributed by atoms with Crippen LogP contribution in [0.15, 0.2) is 30.3 Å². The Labute approximate surface area is 141 Å². The third-order valence-electron chi connectivity index (χ3n) is 4.22. The molecule has 3 N–H and O–H groups in total. The van der Waals surface area contributed by atoms with Crippen molar-refractivity contribution in [2.75, 3.05) is 10.6 Å². The van der Waals surface area contributed by atoms with Gasteiger partial charge < -0.3 is 15.7 Å². The number of carboxylic acid groups (broad SMARTS) is 1. The van der Waals surface area contributed by atoms with E-state index in [0.29, 0.717) is 23.4 Å². The number of carboxylic acids is 1. The second kappa shape index (κ2) is 7.29. The molecular weight excluding hydrogens is 304 g/mol. The predicted octanol–water partition coefficient (Wildman–Crippen LogP) is 3.97. The molecule has 1 heterocycles. The van der Waals surface area contributed by atoms with Crippen LogP contribution in [-0.4, -0.2) is 27.1 Å². The fourth-order valence-corrected chi connectivity index (χ4v) is 3.08. The standard InChI is InChI=1S/C18H22N4O2/c1-12-19-16(21-13-7-3-2-4-8-13)11-17(20-12)22-15-10-6-5-9-14(15)18(23)24/h5-6,9-11,13H,2-4,7-8H2,1H3,(H,23,24)(H2,19,20,21,22). The van der Waals surface area contributed by atoms with Gasteiger partial charge in [0.1, 0.15) is 17.5 Å². The van der Waals surface area contributed by atoms with Crippen LogP contribution in [0.5, 0.6) is 0 Å². The fraction of sp³-hybridized carbons (Fsp3) is 0.389. The molecule has 24 heavy (non-hydrogen) atoms. The van der Waals surface area contributed by atoms with Gasteiger partial charge in [-0.3, -0.25) is 0 Å². The normalized spacial score (nSPS) is 15.0. The number of aryl methyl sites for hydroxylation is 1. The number of carbonyl (C=O) groups is 1. The summed E-state index contributed by atoms with van der Waals surface area (Å²) in [4.78, 5) is 20.1. The lowest BCUT2D eigenvalue weighted by atomic mass is 9.95. The van der Waals surface area contributed by atoms with Crippen LogP contribution in [0.25, 0.3) is 0 Å². The molecule has 0 saturated heterocycles. The number of aromatic carboxylic acids is 1. The van der Waals surface area contributed by atoms with Gasteiger partial charge in [-0.05, 0) is 31.9 Å². The summed E-state index contributed by atoms with van der Waals surface area (Å²) in [5.41, 5.74) is 0.738. The molecular formula is C18H22N4O2. The van der Waals surface area contributed by atoms with E-state index >= 15 is 0 Å². The van der Waals surface area contributed by atoms with Gasteiger partial charge in [0.2, 0.25) is 0 Å². The highest BCUT2D eigenvalue weighted by atomic mass is 16.4. The molecule has 0 amide bonds. The predicted molar refractivity (Wildman–Crippen MR) is 93.9 cm³/mol. The highest BCUT2D eigenvalue weighted by Crippen LogP contribution is 2.24. The van der Waals surface area contributed by atoms with E-state index in [-0.39, 0.29) is 5.56 Å². The molecule has 1 aliphatic carbocycles. The summed E-state index contributed by atoms with van der Waals surface area (Å²) in [7, 11) is 0. The molecule has 1 aromatic carbocycles. The van der Waals surface area contributed by atoms with E-state index in [0.717, 1.165) is 18.7 Å². The lowest BCUT2D eigenvalue weighted by Crippen LogP contribution is -2.23. The summed E-state index contributed by atoms with van der Waals surface area (Å²) in [6.07, 6.45) is 6.12. The number of rotatable bonds is 5. The minimum Gasteiger partial charge on any atom is -0.478 e. The van der Waals surface area contributed by atoms with Crippen molar-refractivity contribution in [1.29, 1.82) is 0 Å². The van der Waals surface area contributed by atoms with Gasteiger partial charge >= 0.3 is 5.97 Å². The van der Waals surface area contributed by atoms with Crippen LogP contribution in [0.4, 0.5) is 17.3 Å². The van der Waals surface area contributed by atoms with Crippen molar-refractivity contribution in [3.05, 3.63) is 41.7 Å². The van der Waals surface area contributed by atoms with E-state index in [4.69, 9.17) is 0 Å². The average molecular weight is 326 g/mol. The number of para-hydroxylation sites is 1. The second-order valence-electron chi connectivity index (χ2n) is 6.14. The third kappa shape index (κ3) is 4.01. The lowest BCUT2D eigenvalue weighted by Gasteiger charge is -2.23. The van der Waals surface area contributed by atoms with Crippen LogP contribution in [0.3, 0.4) is 0 Å². The van der Waals surface area contributed by atoms with Gasteiger partial charge in [-0.25, -0.2) is 14.8 Å². The van der Waals surface area contributed by atoms with Crippen LogP contribution in [0, 0.1) is 6.92 Å². The smallest absolute Gasteiger partial charge is 0.337 e. The Balaban J connectivity index is 1.80. The highest BCUT2D eigenvalue weighted by Gasteiger charge is 2.15. The molecule has 0 atom stereocenters. The SMILES string of the molecule is Cc1nc(Nc2ccccc2C(=O)O)cc(NC2CCCCC2)n1. The van der Waals surface area contributed by atoms with Crippen molar-refractivity contribution in [3.8, 4) is 0 Å². The fourth-order valence-electron chi connectivity index (χ4n) is 3.08. The zero-order valence-corrected chi connectivity index (χ0v) is 13.7. The third-order valence-corrected chi connectivity index (χ3v) is 4.22. The molecule has 2 aromatic rings. The second-order valence-corrected chi connectivity index (χ2v) is 6.14.